The van der Waals surface area contributed by atoms with E-state index < -0.39 is 0 Å². The molecular formula is C12H19N5. The van der Waals surface area contributed by atoms with Gasteiger partial charge in [0.15, 0.2) is 0 Å². The molecule has 1 unspecified atom stereocenters. The minimum atomic E-state index is 0.406. The van der Waals surface area contributed by atoms with Crippen molar-refractivity contribution in [3.05, 3.63) is 36.2 Å². The first kappa shape index (κ1) is 11.9. The van der Waals surface area contributed by atoms with Crippen LogP contribution in [-0.4, -0.2) is 25.4 Å². The van der Waals surface area contributed by atoms with Gasteiger partial charge in [-0.2, -0.15) is 5.10 Å². The Morgan fingerprint density at radius 2 is 2.29 bits per heavy atom. The third-order valence-corrected chi connectivity index (χ3v) is 3.02. The molecule has 2 rings (SSSR count). The van der Waals surface area contributed by atoms with Crippen molar-refractivity contribution in [2.75, 3.05) is 0 Å². The highest BCUT2D eigenvalue weighted by molar-refractivity contribution is 5.15. The zero-order valence-electron chi connectivity index (χ0n) is 10.6. The molecule has 2 aromatic rings. The molecular weight excluding hydrogens is 214 g/mol. The van der Waals surface area contributed by atoms with E-state index in [9.17, 15) is 0 Å². The number of hydrogen-bond acceptors (Lipinski definition) is 3. The van der Waals surface area contributed by atoms with Gasteiger partial charge in [-0.15, -0.1) is 0 Å². The van der Waals surface area contributed by atoms with Gasteiger partial charge in [-0.25, -0.2) is 4.98 Å². The van der Waals surface area contributed by atoms with E-state index in [-0.39, 0.29) is 0 Å². The predicted molar refractivity (Wildman–Crippen MR) is 66.5 cm³/mol. The SMILES string of the molecule is Cc1c(CNC(C)Cn2ccnc2)cnn1C. The maximum Gasteiger partial charge on any atom is 0.0946 e. The lowest BCUT2D eigenvalue weighted by Crippen LogP contribution is -2.29. The molecule has 92 valence electrons. The van der Waals surface area contributed by atoms with Crippen LogP contribution in [0.1, 0.15) is 18.2 Å². The fourth-order valence-electron chi connectivity index (χ4n) is 1.78. The smallest absolute Gasteiger partial charge is 0.0946 e. The van der Waals surface area contributed by atoms with Gasteiger partial charge in [0.1, 0.15) is 0 Å². The van der Waals surface area contributed by atoms with Crippen molar-refractivity contribution in [3.63, 3.8) is 0 Å². The van der Waals surface area contributed by atoms with Crippen LogP contribution in [0.15, 0.2) is 24.9 Å². The second-order valence-electron chi connectivity index (χ2n) is 4.42. The van der Waals surface area contributed by atoms with Gasteiger partial charge in [-0.3, -0.25) is 4.68 Å². The van der Waals surface area contributed by atoms with E-state index in [2.05, 4.69) is 33.8 Å². The number of aryl methyl sites for hydroxylation is 1. The van der Waals surface area contributed by atoms with Crippen LogP contribution < -0.4 is 5.32 Å². The summed E-state index contributed by atoms with van der Waals surface area (Å²) in [6.45, 7) is 6.05. The van der Waals surface area contributed by atoms with E-state index in [0.717, 1.165) is 13.1 Å². The van der Waals surface area contributed by atoms with Gasteiger partial charge in [0.2, 0.25) is 0 Å². The van der Waals surface area contributed by atoms with Gasteiger partial charge in [0.05, 0.1) is 12.5 Å². The van der Waals surface area contributed by atoms with Gasteiger partial charge in [0.25, 0.3) is 0 Å². The highest BCUT2D eigenvalue weighted by Crippen LogP contribution is 2.05. The number of imidazole rings is 1. The molecule has 0 radical (unpaired) electrons. The summed E-state index contributed by atoms with van der Waals surface area (Å²) in [7, 11) is 1.97. The Hall–Kier alpha value is -1.62. The fraction of sp³-hybridized carbons (Fsp3) is 0.500. The Morgan fingerprint density at radius 1 is 1.47 bits per heavy atom. The van der Waals surface area contributed by atoms with Crippen molar-refractivity contribution in [1.29, 1.82) is 0 Å². The zero-order valence-corrected chi connectivity index (χ0v) is 10.6. The van der Waals surface area contributed by atoms with Crippen molar-refractivity contribution in [3.8, 4) is 0 Å². The minimum Gasteiger partial charge on any atom is -0.336 e. The fourth-order valence-corrected chi connectivity index (χ4v) is 1.78. The van der Waals surface area contributed by atoms with Crippen molar-refractivity contribution < 1.29 is 0 Å². The summed E-state index contributed by atoms with van der Waals surface area (Å²) < 4.78 is 3.98. The molecule has 0 bridgehead atoms. The quantitative estimate of drug-likeness (QED) is 0.841. The van der Waals surface area contributed by atoms with Gasteiger partial charge < -0.3 is 9.88 Å². The molecule has 17 heavy (non-hydrogen) atoms. The zero-order chi connectivity index (χ0) is 12.3. The monoisotopic (exact) mass is 233 g/mol. The molecule has 0 saturated carbocycles. The maximum atomic E-state index is 4.23. The van der Waals surface area contributed by atoms with Crippen LogP contribution in [0.4, 0.5) is 0 Å². The number of nitrogens with zero attached hydrogens (tertiary/aromatic N) is 4. The number of aromatic nitrogens is 4. The average molecular weight is 233 g/mol. The number of hydrogen-bond donors (Lipinski definition) is 1. The lowest BCUT2D eigenvalue weighted by molar-refractivity contribution is 0.475. The van der Waals surface area contributed by atoms with Crippen LogP contribution in [0.25, 0.3) is 0 Å². The molecule has 2 heterocycles. The van der Waals surface area contributed by atoms with Crippen LogP contribution in [0, 0.1) is 6.92 Å². The van der Waals surface area contributed by atoms with Crippen molar-refractivity contribution in [2.24, 2.45) is 7.05 Å². The summed E-state index contributed by atoms with van der Waals surface area (Å²) in [5, 5.41) is 7.72. The van der Waals surface area contributed by atoms with Crippen LogP contribution in [0.5, 0.6) is 0 Å². The molecule has 0 aromatic carbocycles. The van der Waals surface area contributed by atoms with E-state index in [1.807, 2.05) is 30.5 Å². The molecule has 0 saturated heterocycles. The van der Waals surface area contributed by atoms with Crippen LogP contribution in [0.2, 0.25) is 0 Å². The summed E-state index contributed by atoms with van der Waals surface area (Å²) >= 11 is 0. The second-order valence-corrected chi connectivity index (χ2v) is 4.42. The van der Waals surface area contributed by atoms with E-state index in [0.29, 0.717) is 6.04 Å². The van der Waals surface area contributed by atoms with Gasteiger partial charge >= 0.3 is 0 Å². The molecule has 1 atom stereocenters. The first-order valence-electron chi connectivity index (χ1n) is 5.83. The molecule has 0 aliphatic heterocycles. The van der Waals surface area contributed by atoms with Gasteiger partial charge in [-0.05, 0) is 13.8 Å². The van der Waals surface area contributed by atoms with Crippen LogP contribution >= 0.6 is 0 Å². The first-order valence-corrected chi connectivity index (χ1v) is 5.83. The normalized spacial score (nSPS) is 12.9. The summed E-state index contributed by atoms with van der Waals surface area (Å²) in [6, 6.07) is 0.406. The van der Waals surface area contributed by atoms with Crippen LogP contribution in [0.3, 0.4) is 0 Å². The highest BCUT2D eigenvalue weighted by Gasteiger charge is 2.06. The van der Waals surface area contributed by atoms with E-state index in [4.69, 9.17) is 0 Å². The molecule has 0 amide bonds. The molecule has 5 nitrogen and oxygen atoms in total. The van der Waals surface area contributed by atoms with E-state index in [1.54, 1.807) is 6.20 Å². The van der Waals surface area contributed by atoms with E-state index >= 15 is 0 Å². The highest BCUT2D eigenvalue weighted by atomic mass is 15.3. The summed E-state index contributed by atoms with van der Waals surface area (Å²) in [5.74, 6) is 0. The number of rotatable bonds is 5. The second kappa shape index (κ2) is 5.14. The van der Waals surface area contributed by atoms with Crippen LogP contribution in [-0.2, 0) is 20.1 Å². The molecule has 0 fully saturated rings. The Bertz CT molecular complexity index is 457. The molecule has 5 heteroatoms. The largest absolute Gasteiger partial charge is 0.336 e. The molecule has 0 aliphatic rings. The Balaban J connectivity index is 1.84. The van der Waals surface area contributed by atoms with Crippen molar-refractivity contribution in [2.45, 2.75) is 33.0 Å². The van der Waals surface area contributed by atoms with Crippen molar-refractivity contribution >= 4 is 0 Å². The van der Waals surface area contributed by atoms with Crippen molar-refractivity contribution in [1.82, 2.24) is 24.6 Å². The lowest BCUT2D eigenvalue weighted by Gasteiger charge is -2.14. The predicted octanol–water partition coefficient (Wildman–Crippen LogP) is 1.10. The third kappa shape index (κ3) is 2.94. The standard InChI is InChI=1S/C12H19N5/c1-10(8-17-5-4-13-9-17)14-6-12-7-15-16(3)11(12)2/h4-5,7,9-10,14H,6,8H2,1-3H3. The topological polar surface area (TPSA) is 47.7 Å². The van der Waals surface area contributed by atoms with Gasteiger partial charge in [-0.1, -0.05) is 0 Å². The summed E-state index contributed by atoms with van der Waals surface area (Å²) in [5.41, 5.74) is 2.47. The Labute approximate surface area is 101 Å². The van der Waals surface area contributed by atoms with E-state index in [1.165, 1.54) is 11.3 Å². The summed E-state index contributed by atoms with van der Waals surface area (Å²) in [4.78, 5) is 4.03. The third-order valence-electron chi connectivity index (χ3n) is 3.02. The Kier molecular flexibility index (Phi) is 3.58. The first-order chi connectivity index (χ1) is 8.16. The average Bonchev–Trinajstić information content (AvgIpc) is 2.90. The minimum absolute atomic E-state index is 0.406. The summed E-state index contributed by atoms with van der Waals surface area (Å²) in [6.07, 6.45) is 7.55. The number of nitrogens with one attached hydrogen (secondary N) is 1. The maximum absolute atomic E-state index is 4.23. The molecule has 0 spiro atoms. The Morgan fingerprint density at radius 3 is 2.88 bits per heavy atom. The molecule has 2 aromatic heterocycles. The molecule has 0 aliphatic carbocycles. The lowest BCUT2D eigenvalue weighted by atomic mass is 10.2. The van der Waals surface area contributed by atoms with Gasteiger partial charge in [0, 0.05) is 49.8 Å². The molecule has 1 N–H and O–H groups in total.